The Morgan fingerprint density at radius 1 is 1.00 bits per heavy atom. The maximum Gasteiger partial charge on any atom is 0.264 e. The van der Waals surface area contributed by atoms with Crippen LogP contribution in [-0.2, 0) is 26.2 Å². The van der Waals surface area contributed by atoms with Crippen LogP contribution in [0.5, 0.6) is 0 Å². The van der Waals surface area contributed by atoms with Gasteiger partial charge in [0.25, 0.3) is 10.0 Å². The Morgan fingerprint density at radius 3 is 2.28 bits per heavy atom. The summed E-state index contributed by atoms with van der Waals surface area (Å²) in [5.74, 6) is -1.54. The van der Waals surface area contributed by atoms with E-state index in [0.29, 0.717) is 17.1 Å². The fraction of sp³-hybridized carbons (Fsp3) is 0.231. The third kappa shape index (κ3) is 6.61. The minimum absolute atomic E-state index is 0.0275. The second kappa shape index (κ2) is 12.0. The normalized spacial score (nSPS) is 12.0. The lowest BCUT2D eigenvalue weighted by Gasteiger charge is -2.32. The van der Waals surface area contributed by atoms with Crippen LogP contribution in [0.1, 0.15) is 19.4 Å². The van der Waals surface area contributed by atoms with Gasteiger partial charge in [-0.1, -0.05) is 41.9 Å². The number of carbonyl (C=O) groups excluding carboxylic acids is 2. The SMILES string of the molecule is CCNC(=O)C(C)N(Cc1cccc(Cl)c1)C(=O)CN(c1ccc(F)cc1)S(=O)(=O)c1ccccc1. The van der Waals surface area contributed by atoms with Gasteiger partial charge in [-0.25, -0.2) is 12.8 Å². The molecular weight excluding hydrogens is 505 g/mol. The topological polar surface area (TPSA) is 86.8 Å². The van der Waals surface area contributed by atoms with E-state index in [2.05, 4.69) is 5.32 Å². The lowest BCUT2D eigenvalue weighted by molar-refractivity contribution is -0.139. The number of hydrogen-bond donors (Lipinski definition) is 1. The van der Waals surface area contributed by atoms with Crippen molar-refractivity contribution in [3.8, 4) is 0 Å². The van der Waals surface area contributed by atoms with Gasteiger partial charge in [-0.2, -0.15) is 0 Å². The van der Waals surface area contributed by atoms with Crippen molar-refractivity contribution >= 4 is 39.1 Å². The van der Waals surface area contributed by atoms with Gasteiger partial charge in [0, 0.05) is 18.1 Å². The molecule has 3 rings (SSSR count). The first kappa shape index (κ1) is 27.2. The Morgan fingerprint density at radius 2 is 1.67 bits per heavy atom. The number of carbonyl (C=O) groups is 2. The van der Waals surface area contributed by atoms with Crippen LogP contribution in [0.3, 0.4) is 0 Å². The molecule has 0 aliphatic carbocycles. The molecule has 0 aliphatic rings. The summed E-state index contributed by atoms with van der Waals surface area (Å²) in [6.07, 6.45) is 0. The van der Waals surface area contributed by atoms with Crippen molar-refractivity contribution in [3.05, 3.63) is 95.3 Å². The molecule has 10 heteroatoms. The van der Waals surface area contributed by atoms with Crippen LogP contribution in [0.25, 0.3) is 0 Å². The molecule has 0 aliphatic heterocycles. The summed E-state index contributed by atoms with van der Waals surface area (Å²) in [7, 11) is -4.19. The van der Waals surface area contributed by atoms with E-state index in [1.807, 2.05) is 0 Å². The van der Waals surface area contributed by atoms with Crippen molar-refractivity contribution in [1.82, 2.24) is 10.2 Å². The first-order valence-corrected chi connectivity index (χ1v) is 13.1. The maximum absolute atomic E-state index is 13.6. The highest BCUT2D eigenvalue weighted by Gasteiger charge is 2.32. The smallest absolute Gasteiger partial charge is 0.264 e. The minimum Gasteiger partial charge on any atom is -0.355 e. The number of hydrogen-bond acceptors (Lipinski definition) is 4. The van der Waals surface area contributed by atoms with Gasteiger partial charge in [0.2, 0.25) is 11.8 Å². The van der Waals surface area contributed by atoms with Gasteiger partial charge in [-0.15, -0.1) is 0 Å². The summed E-state index contributed by atoms with van der Waals surface area (Å²) in [6, 6.07) is 18.4. The summed E-state index contributed by atoms with van der Waals surface area (Å²) in [6.45, 7) is 3.12. The van der Waals surface area contributed by atoms with Gasteiger partial charge in [0.15, 0.2) is 0 Å². The molecule has 1 atom stereocenters. The van der Waals surface area contributed by atoms with Crippen LogP contribution >= 0.6 is 11.6 Å². The number of amides is 2. The molecule has 0 fully saturated rings. The summed E-state index contributed by atoms with van der Waals surface area (Å²) in [5.41, 5.74) is 0.785. The number of nitrogens with one attached hydrogen (secondary N) is 1. The Labute approximate surface area is 215 Å². The largest absolute Gasteiger partial charge is 0.355 e. The fourth-order valence-corrected chi connectivity index (χ4v) is 5.24. The number of sulfonamides is 1. The van der Waals surface area contributed by atoms with Crippen LogP contribution in [0.15, 0.2) is 83.8 Å². The molecule has 0 saturated heterocycles. The van der Waals surface area contributed by atoms with Gasteiger partial charge in [0.05, 0.1) is 10.6 Å². The Hall–Kier alpha value is -3.43. The van der Waals surface area contributed by atoms with Crippen LogP contribution in [0, 0.1) is 5.82 Å². The van der Waals surface area contributed by atoms with Crippen molar-refractivity contribution in [2.45, 2.75) is 31.3 Å². The minimum atomic E-state index is -4.19. The monoisotopic (exact) mass is 531 g/mol. The predicted molar refractivity (Wildman–Crippen MR) is 138 cm³/mol. The molecular formula is C26H27ClFN3O4S. The molecule has 0 aromatic heterocycles. The highest BCUT2D eigenvalue weighted by atomic mass is 35.5. The molecule has 3 aromatic carbocycles. The van der Waals surface area contributed by atoms with Gasteiger partial charge in [-0.05, 0) is 67.9 Å². The lowest BCUT2D eigenvalue weighted by Crippen LogP contribution is -2.51. The molecule has 0 radical (unpaired) electrons. The van der Waals surface area contributed by atoms with E-state index in [1.54, 1.807) is 56.3 Å². The van der Waals surface area contributed by atoms with E-state index in [0.717, 1.165) is 16.4 Å². The third-order valence-electron chi connectivity index (χ3n) is 5.48. The third-order valence-corrected chi connectivity index (χ3v) is 7.51. The Balaban J connectivity index is 2.01. The zero-order valence-electron chi connectivity index (χ0n) is 19.9. The van der Waals surface area contributed by atoms with Crippen molar-refractivity contribution in [3.63, 3.8) is 0 Å². The molecule has 1 N–H and O–H groups in total. The highest BCUT2D eigenvalue weighted by molar-refractivity contribution is 7.92. The van der Waals surface area contributed by atoms with Crippen LogP contribution in [-0.4, -0.2) is 44.3 Å². The second-order valence-corrected chi connectivity index (χ2v) is 10.3. The Bertz CT molecular complexity index is 1300. The lowest BCUT2D eigenvalue weighted by atomic mass is 10.1. The zero-order chi connectivity index (χ0) is 26.3. The van der Waals surface area contributed by atoms with Gasteiger partial charge < -0.3 is 10.2 Å². The van der Waals surface area contributed by atoms with Crippen molar-refractivity contribution in [2.24, 2.45) is 0 Å². The molecule has 0 heterocycles. The zero-order valence-corrected chi connectivity index (χ0v) is 21.5. The molecule has 0 saturated carbocycles. The summed E-state index contributed by atoms with van der Waals surface area (Å²) < 4.78 is 41.6. The highest BCUT2D eigenvalue weighted by Crippen LogP contribution is 2.25. The molecule has 0 bridgehead atoms. The molecule has 1 unspecified atom stereocenters. The van der Waals surface area contributed by atoms with Crippen LogP contribution in [0.2, 0.25) is 5.02 Å². The maximum atomic E-state index is 13.6. The molecule has 3 aromatic rings. The summed E-state index contributed by atoms with van der Waals surface area (Å²) in [5, 5.41) is 3.16. The van der Waals surface area contributed by atoms with Gasteiger partial charge in [0.1, 0.15) is 18.4 Å². The van der Waals surface area contributed by atoms with Crippen molar-refractivity contribution in [1.29, 1.82) is 0 Å². The van der Waals surface area contributed by atoms with Gasteiger partial charge >= 0.3 is 0 Å². The first-order valence-electron chi connectivity index (χ1n) is 11.3. The van der Waals surface area contributed by atoms with E-state index in [4.69, 9.17) is 11.6 Å². The average Bonchev–Trinajstić information content (AvgIpc) is 2.86. The molecule has 36 heavy (non-hydrogen) atoms. The second-order valence-electron chi connectivity index (χ2n) is 8.02. The number of nitrogens with zero attached hydrogens (tertiary/aromatic N) is 2. The van der Waals surface area contributed by atoms with Crippen molar-refractivity contribution in [2.75, 3.05) is 17.4 Å². The number of rotatable bonds is 10. The number of likely N-dealkylation sites (N-methyl/N-ethyl adjacent to an activating group) is 1. The molecule has 190 valence electrons. The fourth-order valence-electron chi connectivity index (χ4n) is 3.59. The first-order chi connectivity index (χ1) is 17.1. The van der Waals surface area contributed by atoms with Crippen molar-refractivity contribution < 1.29 is 22.4 Å². The van der Waals surface area contributed by atoms with E-state index >= 15 is 0 Å². The molecule has 2 amide bonds. The number of halogens is 2. The molecule has 0 spiro atoms. The summed E-state index contributed by atoms with van der Waals surface area (Å²) in [4.78, 5) is 27.6. The number of benzene rings is 3. The predicted octanol–water partition coefficient (Wildman–Crippen LogP) is 4.23. The van der Waals surface area contributed by atoms with Crippen LogP contribution in [0.4, 0.5) is 10.1 Å². The van der Waals surface area contributed by atoms with Crippen LogP contribution < -0.4 is 9.62 Å². The van der Waals surface area contributed by atoms with E-state index in [-0.39, 0.29) is 23.0 Å². The van der Waals surface area contributed by atoms with E-state index in [1.165, 1.54) is 29.2 Å². The average molecular weight is 532 g/mol. The van der Waals surface area contributed by atoms with E-state index < -0.39 is 34.3 Å². The quantitative estimate of drug-likeness (QED) is 0.424. The summed E-state index contributed by atoms with van der Waals surface area (Å²) >= 11 is 6.10. The Kier molecular flexibility index (Phi) is 9.06. The standard InChI is InChI=1S/C26H27ClFN3O4S/c1-3-29-26(33)19(2)30(17-20-8-7-9-21(27)16-20)25(32)18-31(23-14-12-22(28)13-15-23)36(34,35)24-10-5-4-6-11-24/h4-16,19H,3,17-18H2,1-2H3,(H,29,33). The van der Waals surface area contributed by atoms with E-state index in [9.17, 15) is 22.4 Å². The van der Waals surface area contributed by atoms with Gasteiger partial charge in [-0.3, -0.25) is 13.9 Å². The molecule has 7 nitrogen and oxygen atoms in total. The number of anilines is 1.